The second-order valence-corrected chi connectivity index (χ2v) is 10.7. The third kappa shape index (κ3) is 3.46. The Kier molecular flexibility index (Phi) is 4.83. The number of aryl methyl sites for hydroxylation is 1. The third-order valence-corrected chi connectivity index (χ3v) is 8.19. The number of hydrogen-bond acceptors (Lipinski definition) is 5. The topological polar surface area (TPSA) is 80.0 Å². The summed E-state index contributed by atoms with van der Waals surface area (Å²) < 4.78 is 7.07. The van der Waals surface area contributed by atoms with Crippen molar-refractivity contribution in [1.29, 1.82) is 0 Å². The first-order valence-corrected chi connectivity index (χ1v) is 12.8. The van der Waals surface area contributed by atoms with E-state index in [0.717, 1.165) is 59.2 Å². The molecule has 36 heavy (non-hydrogen) atoms. The first kappa shape index (κ1) is 21.7. The van der Waals surface area contributed by atoms with E-state index in [2.05, 4.69) is 47.6 Å². The van der Waals surface area contributed by atoms with Gasteiger partial charge in [-0.05, 0) is 48.4 Å². The normalized spacial score (nSPS) is 23.0. The molecule has 3 aromatic rings. The predicted octanol–water partition coefficient (Wildman–Crippen LogP) is 2.86. The van der Waals surface area contributed by atoms with Crippen molar-refractivity contribution in [3.63, 3.8) is 0 Å². The Bertz CT molecular complexity index is 1400. The molecule has 184 valence electrons. The van der Waals surface area contributed by atoms with Crippen LogP contribution in [0, 0.1) is 11.8 Å². The molecule has 0 unspecified atom stereocenters. The highest BCUT2D eigenvalue weighted by Crippen LogP contribution is 2.46. The smallest absolute Gasteiger partial charge is 0.256 e. The molecule has 4 heterocycles. The zero-order valence-corrected chi connectivity index (χ0v) is 20.4. The molecular formula is C28H29N5O3. The number of carbonyl (C=O) groups is 2. The molecule has 8 heteroatoms. The molecule has 0 radical (unpaired) electrons. The molecule has 2 amide bonds. The number of amides is 2. The molecule has 1 saturated carbocycles. The van der Waals surface area contributed by atoms with Gasteiger partial charge in [-0.1, -0.05) is 30.3 Å². The van der Waals surface area contributed by atoms with Crippen LogP contribution >= 0.6 is 0 Å². The fourth-order valence-electron chi connectivity index (χ4n) is 5.72. The van der Waals surface area contributed by atoms with E-state index < -0.39 is 5.54 Å². The molecule has 1 atom stereocenters. The molecule has 8 nitrogen and oxygen atoms in total. The quantitative estimate of drug-likeness (QED) is 0.559. The SMILES string of the molecule is Cn1ncc2cc(-c3ccc(C4=NC5(CC5)C(=O)N4C[C@@H]4CCN(C(=O)C5COC5)C4)cc3)ccc21. The van der Waals surface area contributed by atoms with Crippen LogP contribution in [0.15, 0.2) is 53.7 Å². The number of aliphatic imine (C=N–C) groups is 1. The number of hydrogen-bond donors (Lipinski definition) is 0. The molecule has 1 aliphatic carbocycles. The van der Waals surface area contributed by atoms with Gasteiger partial charge >= 0.3 is 0 Å². The number of fused-ring (bicyclic) bond motifs is 1. The van der Waals surface area contributed by atoms with Gasteiger partial charge < -0.3 is 9.64 Å². The molecule has 1 aromatic heterocycles. The number of ether oxygens (including phenoxy) is 1. The van der Waals surface area contributed by atoms with Crippen molar-refractivity contribution < 1.29 is 14.3 Å². The molecule has 7 rings (SSSR count). The first-order chi connectivity index (χ1) is 17.5. The lowest BCUT2D eigenvalue weighted by Crippen LogP contribution is -2.44. The molecule has 2 saturated heterocycles. The van der Waals surface area contributed by atoms with Gasteiger partial charge in [-0.3, -0.25) is 24.2 Å². The fourth-order valence-corrected chi connectivity index (χ4v) is 5.72. The van der Waals surface area contributed by atoms with Gasteiger partial charge in [0.25, 0.3) is 5.91 Å². The van der Waals surface area contributed by atoms with Crippen LogP contribution in [-0.2, 0) is 21.4 Å². The van der Waals surface area contributed by atoms with Crippen molar-refractivity contribution in [1.82, 2.24) is 19.6 Å². The van der Waals surface area contributed by atoms with E-state index in [-0.39, 0.29) is 23.7 Å². The Balaban J connectivity index is 1.10. The maximum Gasteiger partial charge on any atom is 0.256 e. The predicted molar refractivity (Wildman–Crippen MR) is 135 cm³/mol. The summed E-state index contributed by atoms with van der Waals surface area (Å²) in [5.74, 6) is 1.39. The number of amidine groups is 1. The minimum atomic E-state index is -0.545. The van der Waals surface area contributed by atoms with Gasteiger partial charge in [0, 0.05) is 37.6 Å². The summed E-state index contributed by atoms with van der Waals surface area (Å²) in [6.07, 6.45) is 4.45. The number of benzene rings is 2. The summed E-state index contributed by atoms with van der Waals surface area (Å²) in [4.78, 5) is 34.8. The molecular weight excluding hydrogens is 454 g/mol. The maximum absolute atomic E-state index is 13.4. The summed E-state index contributed by atoms with van der Waals surface area (Å²) in [5, 5.41) is 5.45. The van der Waals surface area contributed by atoms with Gasteiger partial charge in [-0.25, -0.2) is 0 Å². The molecule has 4 aliphatic rings. The minimum Gasteiger partial charge on any atom is -0.380 e. The van der Waals surface area contributed by atoms with Gasteiger partial charge in [-0.15, -0.1) is 0 Å². The summed E-state index contributed by atoms with van der Waals surface area (Å²) in [6, 6.07) is 14.7. The largest absolute Gasteiger partial charge is 0.380 e. The first-order valence-electron chi connectivity index (χ1n) is 12.8. The average molecular weight is 484 g/mol. The van der Waals surface area contributed by atoms with Crippen molar-refractivity contribution in [3.05, 3.63) is 54.2 Å². The monoisotopic (exact) mass is 483 g/mol. The van der Waals surface area contributed by atoms with Gasteiger partial charge in [0.05, 0.1) is 30.8 Å². The highest BCUT2D eigenvalue weighted by molar-refractivity contribution is 6.16. The zero-order chi connectivity index (χ0) is 24.4. The Labute approximate surface area is 209 Å². The summed E-state index contributed by atoms with van der Waals surface area (Å²) in [7, 11) is 1.95. The standard InChI is InChI=1S/C28H29N5O3/c1-31-24-7-6-21(12-22(24)13-29-31)19-2-4-20(5-3-19)25-30-28(9-10-28)27(35)33(25)15-18-8-11-32(14-18)26(34)23-16-36-17-23/h2-7,12-13,18,23H,8-11,14-17H2,1H3/t18-/m1/s1. The Morgan fingerprint density at radius 3 is 2.56 bits per heavy atom. The van der Waals surface area contributed by atoms with Gasteiger partial charge in [0.15, 0.2) is 0 Å². The van der Waals surface area contributed by atoms with E-state index in [9.17, 15) is 9.59 Å². The van der Waals surface area contributed by atoms with Crippen LogP contribution in [0.2, 0.25) is 0 Å². The minimum absolute atomic E-state index is 0.0152. The highest BCUT2D eigenvalue weighted by atomic mass is 16.5. The van der Waals surface area contributed by atoms with Crippen molar-refractivity contribution in [2.24, 2.45) is 23.9 Å². The lowest BCUT2D eigenvalue weighted by Gasteiger charge is -2.29. The summed E-state index contributed by atoms with van der Waals surface area (Å²) >= 11 is 0. The van der Waals surface area contributed by atoms with Crippen LogP contribution in [0.5, 0.6) is 0 Å². The van der Waals surface area contributed by atoms with Crippen LogP contribution in [0.4, 0.5) is 0 Å². The summed E-state index contributed by atoms with van der Waals surface area (Å²) in [5.41, 5.74) is 3.78. The third-order valence-electron chi connectivity index (χ3n) is 8.19. The highest BCUT2D eigenvalue weighted by Gasteiger charge is 2.57. The van der Waals surface area contributed by atoms with Crippen molar-refractivity contribution in [3.8, 4) is 11.1 Å². The number of aromatic nitrogens is 2. The van der Waals surface area contributed by atoms with E-state index in [4.69, 9.17) is 9.73 Å². The molecule has 2 aromatic carbocycles. The number of carbonyl (C=O) groups excluding carboxylic acids is 2. The molecule has 3 aliphatic heterocycles. The van der Waals surface area contributed by atoms with Crippen LogP contribution in [0.1, 0.15) is 24.8 Å². The summed E-state index contributed by atoms with van der Waals surface area (Å²) in [6.45, 7) is 3.15. The van der Waals surface area contributed by atoms with E-state index in [1.54, 1.807) is 0 Å². The second kappa shape index (κ2) is 8.00. The Morgan fingerprint density at radius 2 is 1.83 bits per heavy atom. The molecule has 0 bridgehead atoms. The molecule has 0 N–H and O–H groups in total. The van der Waals surface area contributed by atoms with Crippen LogP contribution in [0.25, 0.3) is 22.0 Å². The van der Waals surface area contributed by atoms with Gasteiger partial charge in [-0.2, -0.15) is 5.10 Å². The van der Waals surface area contributed by atoms with E-state index in [1.165, 1.54) is 0 Å². The zero-order valence-electron chi connectivity index (χ0n) is 20.4. The molecule has 1 spiro atoms. The molecule has 3 fully saturated rings. The van der Waals surface area contributed by atoms with Crippen molar-refractivity contribution in [2.45, 2.75) is 24.8 Å². The van der Waals surface area contributed by atoms with Crippen LogP contribution in [-0.4, -0.2) is 75.6 Å². The number of likely N-dealkylation sites (tertiary alicyclic amines) is 1. The lowest BCUT2D eigenvalue weighted by atomic mass is 10.0. The van der Waals surface area contributed by atoms with E-state index in [0.29, 0.717) is 26.3 Å². The number of rotatable bonds is 5. The maximum atomic E-state index is 13.4. The van der Waals surface area contributed by atoms with Crippen LogP contribution < -0.4 is 0 Å². The van der Waals surface area contributed by atoms with Gasteiger partial charge in [0.2, 0.25) is 5.91 Å². The Hall–Kier alpha value is -3.52. The van der Waals surface area contributed by atoms with Crippen LogP contribution in [0.3, 0.4) is 0 Å². The fraction of sp³-hybridized carbons (Fsp3) is 0.429. The Morgan fingerprint density at radius 1 is 1.08 bits per heavy atom. The average Bonchev–Trinajstić information content (AvgIpc) is 3.20. The van der Waals surface area contributed by atoms with E-state index in [1.807, 2.05) is 27.7 Å². The lowest BCUT2D eigenvalue weighted by molar-refractivity contribution is -0.148. The van der Waals surface area contributed by atoms with Crippen molar-refractivity contribution >= 4 is 28.6 Å². The van der Waals surface area contributed by atoms with E-state index >= 15 is 0 Å². The van der Waals surface area contributed by atoms with Gasteiger partial charge in [0.1, 0.15) is 11.4 Å². The number of nitrogens with zero attached hydrogens (tertiary/aromatic N) is 5. The second-order valence-electron chi connectivity index (χ2n) is 10.7. The van der Waals surface area contributed by atoms with Crippen molar-refractivity contribution in [2.75, 3.05) is 32.8 Å².